The van der Waals surface area contributed by atoms with Gasteiger partial charge >= 0.3 is 12.1 Å². The minimum absolute atomic E-state index is 0.00564. The molecule has 1 amide bonds. The van der Waals surface area contributed by atoms with E-state index in [1.165, 1.54) is 42.5 Å². The second kappa shape index (κ2) is 11.3. The Hall–Kier alpha value is -3.75. The van der Waals surface area contributed by atoms with Crippen molar-refractivity contribution in [3.8, 4) is 11.3 Å². The predicted molar refractivity (Wildman–Crippen MR) is 137 cm³/mol. The van der Waals surface area contributed by atoms with Crippen LogP contribution in [0.5, 0.6) is 0 Å². The lowest BCUT2D eigenvalue weighted by molar-refractivity contribution is -0.142. The molecule has 10 heteroatoms. The summed E-state index contributed by atoms with van der Waals surface area (Å²) in [6.07, 6.45) is -4.53. The van der Waals surface area contributed by atoms with Crippen LogP contribution >= 0.6 is 23.2 Å². The summed E-state index contributed by atoms with van der Waals surface area (Å²) in [5.41, 5.74) is 0.0729. The summed E-state index contributed by atoms with van der Waals surface area (Å²) in [5, 5.41) is 10.4. The SMILES string of the molecule is O=C(O)C(Cc1ccccc1)N(Cc1ccc(-c2cccc(C(F)(F)F)c2)o1)C(=O)c1ccc(Cl)cc1Cl. The summed E-state index contributed by atoms with van der Waals surface area (Å²) >= 11 is 12.2. The molecule has 1 N–H and O–H groups in total. The van der Waals surface area contributed by atoms with Crippen molar-refractivity contribution in [2.75, 3.05) is 0 Å². The van der Waals surface area contributed by atoms with Crippen LogP contribution < -0.4 is 0 Å². The first-order chi connectivity index (χ1) is 18.0. The molecule has 1 unspecified atom stereocenters. The Balaban J connectivity index is 1.70. The first-order valence-electron chi connectivity index (χ1n) is 11.3. The summed E-state index contributed by atoms with van der Waals surface area (Å²) in [5.74, 6) is -1.61. The summed E-state index contributed by atoms with van der Waals surface area (Å²) in [6, 6.07) is 19.3. The molecule has 1 atom stereocenters. The van der Waals surface area contributed by atoms with Gasteiger partial charge in [-0.05, 0) is 48.0 Å². The molecule has 196 valence electrons. The van der Waals surface area contributed by atoms with Crippen molar-refractivity contribution in [2.45, 2.75) is 25.2 Å². The van der Waals surface area contributed by atoms with Gasteiger partial charge in [0.05, 0.1) is 22.7 Å². The lowest BCUT2D eigenvalue weighted by Crippen LogP contribution is -2.46. The predicted octanol–water partition coefficient (Wildman–Crippen LogP) is 7.61. The normalized spacial score (nSPS) is 12.2. The Morgan fingerprint density at radius 3 is 2.32 bits per heavy atom. The number of carboxylic acids is 1. The van der Waals surface area contributed by atoms with Crippen LogP contribution in [0, 0.1) is 0 Å². The van der Waals surface area contributed by atoms with Crippen LogP contribution in [0.15, 0.2) is 89.3 Å². The van der Waals surface area contributed by atoms with Gasteiger partial charge in [0.25, 0.3) is 5.91 Å². The molecule has 38 heavy (non-hydrogen) atoms. The van der Waals surface area contributed by atoms with Gasteiger partial charge in [-0.25, -0.2) is 4.79 Å². The van der Waals surface area contributed by atoms with E-state index in [-0.39, 0.29) is 40.6 Å². The van der Waals surface area contributed by atoms with Gasteiger partial charge in [0.15, 0.2) is 0 Å². The van der Waals surface area contributed by atoms with E-state index in [2.05, 4.69) is 0 Å². The fraction of sp³-hybridized carbons (Fsp3) is 0.143. The second-order valence-electron chi connectivity index (χ2n) is 8.45. The third-order valence-electron chi connectivity index (χ3n) is 5.82. The van der Waals surface area contributed by atoms with Crippen LogP contribution in [0.1, 0.15) is 27.2 Å². The van der Waals surface area contributed by atoms with Gasteiger partial charge in [0.1, 0.15) is 17.6 Å². The van der Waals surface area contributed by atoms with Gasteiger partial charge in [-0.3, -0.25) is 4.79 Å². The topological polar surface area (TPSA) is 70.8 Å². The molecular weight excluding hydrogens is 542 g/mol. The summed E-state index contributed by atoms with van der Waals surface area (Å²) < 4.78 is 45.3. The molecule has 0 saturated carbocycles. The van der Waals surface area contributed by atoms with E-state index in [9.17, 15) is 27.9 Å². The van der Waals surface area contributed by atoms with Crippen LogP contribution in [0.2, 0.25) is 10.0 Å². The van der Waals surface area contributed by atoms with Gasteiger partial charge in [-0.2, -0.15) is 13.2 Å². The number of nitrogens with zero attached hydrogens (tertiary/aromatic N) is 1. The zero-order chi connectivity index (χ0) is 27.4. The first-order valence-corrected chi connectivity index (χ1v) is 12.1. The maximum atomic E-state index is 13.6. The van der Waals surface area contributed by atoms with E-state index in [1.54, 1.807) is 30.3 Å². The van der Waals surface area contributed by atoms with E-state index in [1.807, 2.05) is 0 Å². The number of carboxylic acid groups (broad SMARTS) is 1. The van der Waals surface area contributed by atoms with Crippen molar-refractivity contribution in [3.63, 3.8) is 0 Å². The molecule has 5 nitrogen and oxygen atoms in total. The van der Waals surface area contributed by atoms with E-state index >= 15 is 0 Å². The lowest BCUT2D eigenvalue weighted by atomic mass is 10.0. The highest BCUT2D eigenvalue weighted by Gasteiger charge is 2.33. The molecule has 0 aliphatic carbocycles. The number of hydrogen-bond donors (Lipinski definition) is 1. The van der Waals surface area contributed by atoms with Crippen molar-refractivity contribution in [1.82, 2.24) is 4.90 Å². The number of rotatable bonds is 8. The Morgan fingerprint density at radius 1 is 0.921 bits per heavy atom. The van der Waals surface area contributed by atoms with Gasteiger partial charge in [0, 0.05) is 17.0 Å². The van der Waals surface area contributed by atoms with Crippen LogP contribution in [-0.2, 0) is 23.9 Å². The molecule has 4 aromatic rings. The van der Waals surface area contributed by atoms with Crippen molar-refractivity contribution >= 4 is 35.1 Å². The van der Waals surface area contributed by atoms with Gasteiger partial charge < -0.3 is 14.4 Å². The smallest absolute Gasteiger partial charge is 0.416 e. The molecular formula is C28H20Cl2F3NO4. The van der Waals surface area contributed by atoms with Crippen LogP contribution in [0.25, 0.3) is 11.3 Å². The Labute approximate surface area is 226 Å². The zero-order valence-corrected chi connectivity index (χ0v) is 21.1. The lowest BCUT2D eigenvalue weighted by Gasteiger charge is -2.29. The van der Waals surface area contributed by atoms with Crippen LogP contribution in [0.4, 0.5) is 13.2 Å². The molecule has 0 fully saturated rings. The number of furan rings is 1. The number of carbonyl (C=O) groups excluding carboxylic acids is 1. The minimum Gasteiger partial charge on any atom is -0.480 e. The maximum Gasteiger partial charge on any atom is 0.416 e. The van der Waals surface area contributed by atoms with Crippen molar-refractivity contribution in [3.05, 3.63) is 117 Å². The Morgan fingerprint density at radius 2 is 1.66 bits per heavy atom. The van der Waals surface area contributed by atoms with E-state index in [4.69, 9.17) is 27.6 Å². The number of hydrogen-bond acceptors (Lipinski definition) is 3. The van der Waals surface area contributed by atoms with Crippen LogP contribution in [-0.4, -0.2) is 27.9 Å². The van der Waals surface area contributed by atoms with Gasteiger partial charge in [-0.1, -0.05) is 65.7 Å². The fourth-order valence-corrected chi connectivity index (χ4v) is 4.43. The molecule has 0 aliphatic heterocycles. The molecule has 0 aliphatic rings. The quantitative estimate of drug-likeness (QED) is 0.240. The molecule has 1 heterocycles. The van der Waals surface area contributed by atoms with E-state index < -0.39 is 29.7 Å². The molecule has 0 radical (unpaired) electrons. The van der Waals surface area contributed by atoms with Crippen molar-refractivity contribution in [2.24, 2.45) is 0 Å². The summed E-state index contributed by atoms with van der Waals surface area (Å²) in [7, 11) is 0. The number of alkyl halides is 3. The van der Waals surface area contributed by atoms with E-state index in [0.717, 1.165) is 17.0 Å². The molecule has 1 aromatic heterocycles. The Kier molecular flexibility index (Phi) is 8.14. The number of halogens is 5. The molecule has 0 saturated heterocycles. The number of carbonyl (C=O) groups is 2. The highest BCUT2D eigenvalue weighted by molar-refractivity contribution is 6.36. The molecule has 4 rings (SSSR count). The highest BCUT2D eigenvalue weighted by atomic mass is 35.5. The standard InChI is InChI=1S/C28H20Cl2F3NO4/c29-20-9-11-22(23(30)15-20)26(35)34(24(27(36)37)13-17-5-2-1-3-6-17)16-21-10-12-25(38-21)18-7-4-8-19(14-18)28(31,32)33/h1-12,14-15,24H,13,16H2,(H,36,37). The van der Waals surface area contributed by atoms with Crippen molar-refractivity contribution < 1.29 is 32.3 Å². The summed E-state index contributed by atoms with van der Waals surface area (Å²) in [6.45, 7) is -0.277. The molecule has 0 bridgehead atoms. The first kappa shape index (κ1) is 27.3. The highest BCUT2D eigenvalue weighted by Crippen LogP contribution is 2.33. The largest absolute Gasteiger partial charge is 0.480 e. The average Bonchev–Trinajstić information content (AvgIpc) is 3.34. The number of aliphatic carboxylic acids is 1. The third kappa shape index (κ3) is 6.38. The maximum absolute atomic E-state index is 13.6. The van der Waals surface area contributed by atoms with E-state index in [0.29, 0.717) is 10.6 Å². The van der Waals surface area contributed by atoms with Gasteiger partial charge in [-0.15, -0.1) is 0 Å². The van der Waals surface area contributed by atoms with Crippen LogP contribution in [0.3, 0.4) is 0 Å². The second-order valence-corrected chi connectivity index (χ2v) is 9.29. The Bertz CT molecular complexity index is 1450. The average molecular weight is 562 g/mol. The minimum atomic E-state index is -4.53. The third-order valence-corrected chi connectivity index (χ3v) is 6.37. The van der Waals surface area contributed by atoms with Crippen molar-refractivity contribution in [1.29, 1.82) is 0 Å². The monoisotopic (exact) mass is 561 g/mol. The number of amides is 1. The summed E-state index contributed by atoms with van der Waals surface area (Å²) in [4.78, 5) is 27.1. The molecule has 0 spiro atoms. The van der Waals surface area contributed by atoms with Gasteiger partial charge in [0.2, 0.25) is 0 Å². The molecule has 3 aromatic carbocycles. The fourth-order valence-electron chi connectivity index (χ4n) is 3.94. The zero-order valence-electron chi connectivity index (χ0n) is 19.6. The number of benzene rings is 3.